The van der Waals surface area contributed by atoms with E-state index in [0.717, 1.165) is 12.0 Å². The molecule has 0 saturated heterocycles. The molecule has 0 aliphatic heterocycles. The van der Waals surface area contributed by atoms with Crippen molar-refractivity contribution in [3.8, 4) is 0 Å². The summed E-state index contributed by atoms with van der Waals surface area (Å²) in [5.74, 6) is -4.48. The van der Waals surface area contributed by atoms with E-state index < -0.39 is 25.6 Å². The van der Waals surface area contributed by atoms with Gasteiger partial charge in [0.2, 0.25) is 0 Å². The molecular formula is C14H14F4O2. The van der Waals surface area contributed by atoms with Gasteiger partial charge in [0.1, 0.15) is 13.2 Å². The van der Waals surface area contributed by atoms with Crippen molar-refractivity contribution >= 4 is 5.78 Å². The number of halogens is 4. The van der Waals surface area contributed by atoms with Gasteiger partial charge < -0.3 is 4.74 Å². The van der Waals surface area contributed by atoms with Crippen LogP contribution in [0.1, 0.15) is 23.5 Å². The second-order valence-corrected chi connectivity index (χ2v) is 4.90. The molecule has 2 rings (SSSR count). The predicted octanol–water partition coefficient (Wildman–Crippen LogP) is 3.20. The Morgan fingerprint density at radius 1 is 1.35 bits per heavy atom. The van der Waals surface area contributed by atoms with Gasteiger partial charge >= 0.3 is 12.3 Å². The molecule has 2 nitrogen and oxygen atoms in total. The molecule has 0 spiro atoms. The number of carbonyl (C=O) groups excluding carboxylic acids is 1. The summed E-state index contributed by atoms with van der Waals surface area (Å²) in [6, 6.07) is 7.67. The molecule has 1 atom stereocenters. The zero-order chi connectivity index (χ0) is 14.8. The molecule has 20 heavy (non-hydrogen) atoms. The third kappa shape index (κ3) is 3.36. The Kier molecular flexibility index (Phi) is 4.42. The molecule has 0 fully saturated rings. The number of hydrogen-bond acceptors (Lipinski definition) is 2. The van der Waals surface area contributed by atoms with Gasteiger partial charge in [-0.3, -0.25) is 4.79 Å². The van der Waals surface area contributed by atoms with E-state index in [9.17, 15) is 22.4 Å². The second-order valence-electron chi connectivity index (χ2n) is 4.90. The van der Waals surface area contributed by atoms with Crippen LogP contribution < -0.4 is 0 Å². The Balaban J connectivity index is 1.73. The standard InChI is InChI=1S/C14H14F4O2/c15-13(16)14(17,18)8-20-7-11(19)6-10-5-9-3-1-2-4-12(9)10/h1-4,10,13H,5-8H2. The number of hydrogen-bond donors (Lipinski definition) is 0. The van der Waals surface area contributed by atoms with Gasteiger partial charge in [-0.15, -0.1) is 0 Å². The average molecular weight is 290 g/mol. The van der Waals surface area contributed by atoms with E-state index in [1.54, 1.807) is 0 Å². The smallest absolute Gasteiger partial charge is 0.330 e. The highest BCUT2D eigenvalue weighted by molar-refractivity contribution is 5.81. The monoisotopic (exact) mass is 290 g/mol. The molecule has 0 saturated carbocycles. The molecule has 0 heterocycles. The summed E-state index contributed by atoms with van der Waals surface area (Å²) < 4.78 is 53.2. The minimum atomic E-state index is -4.21. The highest BCUT2D eigenvalue weighted by Crippen LogP contribution is 2.37. The Morgan fingerprint density at radius 3 is 2.70 bits per heavy atom. The van der Waals surface area contributed by atoms with Crippen molar-refractivity contribution in [1.82, 2.24) is 0 Å². The second kappa shape index (κ2) is 5.91. The molecule has 1 aliphatic rings. The van der Waals surface area contributed by atoms with Gasteiger partial charge in [-0.25, -0.2) is 8.78 Å². The number of alkyl halides is 4. The highest BCUT2D eigenvalue weighted by atomic mass is 19.3. The van der Waals surface area contributed by atoms with Crippen molar-refractivity contribution in [3.63, 3.8) is 0 Å². The summed E-state index contributed by atoms with van der Waals surface area (Å²) >= 11 is 0. The average Bonchev–Trinajstić information content (AvgIpc) is 2.35. The molecule has 0 bridgehead atoms. The number of ketones is 1. The maximum atomic E-state index is 12.5. The van der Waals surface area contributed by atoms with E-state index in [2.05, 4.69) is 4.74 Å². The normalized spacial score (nSPS) is 17.8. The van der Waals surface area contributed by atoms with Crippen LogP contribution in [-0.4, -0.2) is 31.3 Å². The Morgan fingerprint density at radius 2 is 2.05 bits per heavy atom. The van der Waals surface area contributed by atoms with Crippen LogP contribution in [0.4, 0.5) is 17.6 Å². The zero-order valence-corrected chi connectivity index (χ0v) is 10.6. The fourth-order valence-corrected chi connectivity index (χ4v) is 2.24. The first kappa shape index (κ1) is 15.0. The molecule has 0 N–H and O–H groups in total. The van der Waals surface area contributed by atoms with E-state index in [0.29, 0.717) is 0 Å². The summed E-state index contributed by atoms with van der Waals surface area (Å²) in [5.41, 5.74) is 2.26. The van der Waals surface area contributed by atoms with Crippen LogP contribution in [0.3, 0.4) is 0 Å². The quantitative estimate of drug-likeness (QED) is 0.721. The van der Waals surface area contributed by atoms with Crippen molar-refractivity contribution < 1.29 is 27.1 Å². The number of Topliss-reactive ketones (excluding diaryl/α,β-unsaturated/α-hetero) is 1. The predicted molar refractivity (Wildman–Crippen MR) is 64.3 cm³/mol. The van der Waals surface area contributed by atoms with Crippen molar-refractivity contribution in [1.29, 1.82) is 0 Å². The minimum Gasteiger partial charge on any atom is -0.367 e. The first-order valence-electron chi connectivity index (χ1n) is 6.23. The summed E-state index contributed by atoms with van der Waals surface area (Å²) in [6.07, 6.45) is -2.82. The van der Waals surface area contributed by atoms with Gasteiger partial charge in [0.05, 0.1) is 0 Å². The van der Waals surface area contributed by atoms with E-state index in [1.807, 2.05) is 24.3 Å². The Hall–Kier alpha value is -1.43. The van der Waals surface area contributed by atoms with E-state index in [-0.39, 0.29) is 18.1 Å². The molecule has 0 aromatic heterocycles. The third-order valence-electron chi connectivity index (χ3n) is 3.31. The van der Waals surface area contributed by atoms with Crippen LogP contribution in [0.5, 0.6) is 0 Å². The molecule has 0 radical (unpaired) electrons. The minimum absolute atomic E-state index is 0.0814. The Bertz CT molecular complexity index is 488. The van der Waals surface area contributed by atoms with Gasteiger partial charge in [-0.1, -0.05) is 24.3 Å². The lowest BCUT2D eigenvalue weighted by Crippen LogP contribution is -2.33. The van der Waals surface area contributed by atoms with Crippen LogP contribution in [0.2, 0.25) is 0 Å². The molecule has 1 aromatic carbocycles. The number of benzene rings is 1. The summed E-state index contributed by atoms with van der Waals surface area (Å²) in [7, 11) is 0. The zero-order valence-electron chi connectivity index (χ0n) is 10.6. The SMILES string of the molecule is O=C(COCC(F)(F)C(F)F)CC1Cc2ccccc21. The maximum Gasteiger partial charge on any atom is 0.330 e. The first-order chi connectivity index (χ1) is 9.40. The van der Waals surface area contributed by atoms with Gasteiger partial charge in [0.15, 0.2) is 5.78 Å². The van der Waals surface area contributed by atoms with Crippen molar-refractivity contribution in [2.24, 2.45) is 0 Å². The largest absolute Gasteiger partial charge is 0.367 e. The maximum absolute atomic E-state index is 12.5. The van der Waals surface area contributed by atoms with Gasteiger partial charge in [0, 0.05) is 6.42 Å². The summed E-state index contributed by atoms with van der Waals surface area (Å²) in [6.45, 7) is -1.99. The van der Waals surface area contributed by atoms with Gasteiger partial charge in [-0.2, -0.15) is 8.78 Å². The van der Waals surface area contributed by atoms with Gasteiger partial charge in [-0.05, 0) is 23.5 Å². The fourth-order valence-electron chi connectivity index (χ4n) is 2.24. The molecule has 1 unspecified atom stereocenters. The lowest BCUT2D eigenvalue weighted by molar-refractivity contribution is -0.168. The number of rotatable bonds is 7. The summed E-state index contributed by atoms with van der Waals surface area (Å²) in [5, 5.41) is 0. The fraction of sp³-hybridized carbons (Fsp3) is 0.500. The van der Waals surface area contributed by atoms with Crippen LogP contribution in [0.15, 0.2) is 24.3 Å². The van der Waals surface area contributed by atoms with Gasteiger partial charge in [0.25, 0.3) is 0 Å². The van der Waals surface area contributed by atoms with Crippen LogP contribution in [-0.2, 0) is 16.0 Å². The van der Waals surface area contributed by atoms with Crippen LogP contribution in [0.25, 0.3) is 0 Å². The molecule has 1 aromatic rings. The summed E-state index contributed by atoms with van der Waals surface area (Å²) in [4.78, 5) is 11.6. The first-order valence-corrected chi connectivity index (χ1v) is 6.23. The molecule has 1 aliphatic carbocycles. The van der Waals surface area contributed by atoms with Crippen molar-refractivity contribution in [3.05, 3.63) is 35.4 Å². The number of ether oxygens (including phenoxy) is 1. The van der Waals surface area contributed by atoms with Crippen LogP contribution >= 0.6 is 0 Å². The number of fused-ring (bicyclic) bond motifs is 1. The van der Waals surface area contributed by atoms with E-state index in [1.165, 1.54) is 5.56 Å². The van der Waals surface area contributed by atoms with Crippen molar-refractivity contribution in [2.45, 2.75) is 31.1 Å². The lowest BCUT2D eigenvalue weighted by atomic mass is 9.75. The lowest BCUT2D eigenvalue weighted by Gasteiger charge is -2.29. The molecule has 0 amide bonds. The molecule has 110 valence electrons. The van der Waals surface area contributed by atoms with E-state index >= 15 is 0 Å². The molecular weight excluding hydrogens is 276 g/mol. The Labute approximate surface area is 113 Å². The topological polar surface area (TPSA) is 26.3 Å². The molecule has 6 heteroatoms. The van der Waals surface area contributed by atoms with Crippen molar-refractivity contribution in [2.75, 3.05) is 13.2 Å². The number of carbonyl (C=O) groups is 1. The van der Waals surface area contributed by atoms with E-state index in [4.69, 9.17) is 0 Å². The highest BCUT2D eigenvalue weighted by Gasteiger charge is 2.41. The third-order valence-corrected chi connectivity index (χ3v) is 3.31. The van der Waals surface area contributed by atoms with Crippen LogP contribution in [0, 0.1) is 0 Å².